The Bertz CT molecular complexity index is 608. The second-order valence-electron chi connectivity index (χ2n) is 5.12. The number of nitrogens with one attached hydrogen (secondary N) is 1. The van der Waals surface area contributed by atoms with Gasteiger partial charge in [-0.2, -0.15) is 5.10 Å². The van der Waals surface area contributed by atoms with Crippen molar-refractivity contribution in [3.8, 4) is 0 Å². The summed E-state index contributed by atoms with van der Waals surface area (Å²) in [5, 5.41) is 8.25. The Hall–Kier alpha value is -1.22. The molecule has 0 amide bonds. The van der Waals surface area contributed by atoms with Crippen molar-refractivity contribution in [2.45, 2.75) is 20.0 Å². The van der Waals surface area contributed by atoms with E-state index in [4.69, 9.17) is 11.6 Å². The summed E-state index contributed by atoms with van der Waals surface area (Å²) in [7, 11) is 4.02. The molecule has 0 spiro atoms. The number of rotatable bonds is 6. The number of hydrogen-bond donors (Lipinski definition) is 1. The summed E-state index contributed by atoms with van der Waals surface area (Å²) < 4.78 is 3.91. The highest BCUT2D eigenvalue weighted by Gasteiger charge is 2.09. The second-order valence-corrected chi connectivity index (χ2v) is 5.56. The van der Waals surface area contributed by atoms with Gasteiger partial charge in [-0.05, 0) is 19.1 Å². The van der Waals surface area contributed by atoms with Gasteiger partial charge in [0.1, 0.15) is 0 Å². The Kier molecular flexibility index (Phi) is 8.46. The van der Waals surface area contributed by atoms with E-state index in [1.54, 1.807) is 6.20 Å². The summed E-state index contributed by atoms with van der Waals surface area (Å²) in [5.41, 5.74) is 1.14. The third kappa shape index (κ3) is 6.06. The zero-order chi connectivity index (χ0) is 15.9. The molecule has 0 aliphatic carbocycles. The van der Waals surface area contributed by atoms with Gasteiger partial charge in [0.25, 0.3) is 0 Å². The lowest BCUT2D eigenvalue weighted by Crippen LogP contribution is -2.39. The van der Waals surface area contributed by atoms with Crippen molar-refractivity contribution in [2.24, 2.45) is 12.0 Å². The first-order valence-electron chi connectivity index (χ1n) is 7.37. The lowest BCUT2D eigenvalue weighted by molar-refractivity contribution is 0.460. The Balaban J connectivity index is 0.00000264. The predicted molar refractivity (Wildman–Crippen MR) is 106 cm³/mol. The number of aryl methyl sites for hydroxylation is 1. The van der Waals surface area contributed by atoms with Crippen LogP contribution >= 0.6 is 35.6 Å². The van der Waals surface area contributed by atoms with E-state index in [9.17, 15) is 0 Å². The fraction of sp³-hybridized carbons (Fsp3) is 0.467. The fourth-order valence-corrected chi connectivity index (χ4v) is 2.47. The number of aromatic nitrogens is 3. The van der Waals surface area contributed by atoms with Crippen LogP contribution in [0, 0.1) is 0 Å². The summed E-state index contributed by atoms with van der Waals surface area (Å²) in [5.74, 6) is 0.881. The van der Waals surface area contributed by atoms with Crippen molar-refractivity contribution in [1.82, 2.24) is 24.6 Å². The Labute approximate surface area is 159 Å². The molecule has 0 unspecified atom stereocenters. The van der Waals surface area contributed by atoms with E-state index in [0.717, 1.165) is 36.3 Å². The smallest absolute Gasteiger partial charge is 0.194 e. The molecule has 0 atom stereocenters. The van der Waals surface area contributed by atoms with Gasteiger partial charge >= 0.3 is 0 Å². The number of halogens is 2. The third-order valence-corrected chi connectivity index (χ3v) is 3.53. The first kappa shape index (κ1) is 19.8. The van der Waals surface area contributed by atoms with Crippen LogP contribution in [0.2, 0.25) is 5.02 Å². The first-order valence-corrected chi connectivity index (χ1v) is 7.75. The maximum absolute atomic E-state index is 6.04. The average Bonchev–Trinajstić information content (AvgIpc) is 3.08. The van der Waals surface area contributed by atoms with E-state index in [0.29, 0.717) is 6.54 Å². The first-order chi connectivity index (χ1) is 10.6. The van der Waals surface area contributed by atoms with Crippen LogP contribution < -0.4 is 5.32 Å². The molecule has 1 N–H and O–H groups in total. The molecule has 0 saturated carbocycles. The van der Waals surface area contributed by atoms with Crippen LogP contribution in [0.3, 0.4) is 0 Å². The summed E-state index contributed by atoms with van der Waals surface area (Å²) >= 11 is 6.04. The molecular formula is C15H24ClIN6. The molecule has 6 nitrogen and oxygen atoms in total. The normalized spacial score (nSPS) is 11.2. The number of aliphatic imine (C=N–C) groups is 1. The standard InChI is InChI=1S/C15H23ClN6.HI/c1-4-17-15(18-7-9-22-8-5-6-19-22)21(3)12-14-10-13(16)11-20(14)2;/h5-6,8,10-11H,4,7,9,12H2,1-3H3,(H,17,18);1H. The van der Waals surface area contributed by atoms with Gasteiger partial charge in [0.2, 0.25) is 0 Å². The van der Waals surface area contributed by atoms with E-state index in [2.05, 4.69) is 27.2 Å². The van der Waals surface area contributed by atoms with E-state index in [-0.39, 0.29) is 24.0 Å². The lowest BCUT2D eigenvalue weighted by Gasteiger charge is -2.22. The number of hydrogen-bond acceptors (Lipinski definition) is 2. The highest BCUT2D eigenvalue weighted by molar-refractivity contribution is 14.0. The Morgan fingerprint density at radius 1 is 1.48 bits per heavy atom. The molecule has 2 aromatic rings. The summed E-state index contributed by atoms with van der Waals surface area (Å²) in [6.45, 7) is 5.10. The molecule has 2 aromatic heterocycles. The molecule has 0 fully saturated rings. The predicted octanol–water partition coefficient (Wildman–Crippen LogP) is 2.59. The summed E-state index contributed by atoms with van der Waals surface area (Å²) in [6.07, 6.45) is 5.63. The Morgan fingerprint density at radius 3 is 2.83 bits per heavy atom. The molecule has 128 valence electrons. The summed E-state index contributed by atoms with van der Waals surface area (Å²) in [4.78, 5) is 6.74. The molecule has 0 bridgehead atoms. The van der Waals surface area contributed by atoms with Crippen LogP contribution in [-0.2, 0) is 20.1 Å². The molecular weight excluding hydrogens is 427 g/mol. The van der Waals surface area contributed by atoms with Crippen LogP contribution in [0.4, 0.5) is 0 Å². The number of nitrogens with zero attached hydrogens (tertiary/aromatic N) is 5. The minimum Gasteiger partial charge on any atom is -0.357 e. The molecule has 23 heavy (non-hydrogen) atoms. The summed E-state index contributed by atoms with van der Waals surface area (Å²) in [6, 6.07) is 3.89. The van der Waals surface area contributed by atoms with Crippen molar-refractivity contribution in [3.63, 3.8) is 0 Å². The number of guanidine groups is 1. The molecule has 8 heteroatoms. The SMILES string of the molecule is CCNC(=NCCn1cccn1)N(C)Cc1cc(Cl)cn1C.I. The van der Waals surface area contributed by atoms with Crippen LogP contribution in [0.25, 0.3) is 0 Å². The van der Waals surface area contributed by atoms with Gasteiger partial charge < -0.3 is 14.8 Å². The third-order valence-electron chi connectivity index (χ3n) is 3.32. The van der Waals surface area contributed by atoms with Gasteiger partial charge in [-0.25, -0.2) is 0 Å². The quantitative estimate of drug-likeness (QED) is 0.418. The molecule has 0 saturated heterocycles. The zero-order valence-electron chi connectivity index (χ0n) is 13.7. The van der Waals surface area contributed by atoms with Crippen molar-refractivity contribution < 1.29 is 0 Å². The molecule has 2 heterocycles. The highest BCUT2D eigenvalue weighted by Crippen LogP contribution is 2.14. The molecule has 0 aliphatic rings. The van der Waals surface area contributed by atoms with Crippen LogP contribution in [0.5, 0.6) is 0 Å². The van der Waals surface area contributed by atoms with Crippen molar-refractivity contribution in [3.05, 3.63) is 41.4 Å². The van der Waals surface area contributed by atoms with Gasteiger partial charge in [-0.3, -0.25) is 9.67 Å². The average molecular weight is 451 g/mol. The van der Waals surface area contributed by atoms with Crippen molar-refractivity contribution in [1.29, 1.82) is 0 Å². The van der Waals surface area contributed by atoms with Crippen molar-refractivity contribution in [2.75, 3.05) is 20.1 Å². The maximum atomic E-state index is 6.04. The van der Waals surface area contributed by atoms with Gasteiger partial charge in [-0.15, -0.1) is 24.0 Å². The fourth-order valence-electron chi connectivity index (χ4n) is 2.20. The van der Waals surface area contributed by atoms with Crippen LogP contribution in [-0.4, -0.2) is 45.3 Å². The minimum absolute atomic E-state index is 0. The van der Waals surface area contributed by atoms with Crippen molar-refractivity contribution >= 4 is 41.5 Å². The topological polar surface area (TPSA) is 50.4 Å². The molecule has 0 radical (unpaired) electrons. The largest absolute Gasteiger partial charge is 0.357 e. The molecule has 0 aliphatic heterocycles. The Morgan fingerprint density at radius 2 is 2.26 bits per heavy atom. The van der Waals surface area contributed by atoms with E-state index in [1.165, 1.54) is 0 Å². The van der Waals surface area contributed by atoms with E-state index < -0.39 is 0 Å². The van der Waals surface area contributed by atoms with Crippen LogP contribution in [0.15, 0.2) is 35.7 Å². The molecule has 2 rings (SSSR count). The van der Waals surface area contributed by atoms with Gasteiger partial charge in [0, 0.05) is 44.9 Å². The maximum Gasteiger partial charge on any atom is 0.194 e. The molecule has 0 aromatic carbocycles. The monoisotopic (exact) mass is 450 g/mol. The zero-order valence-corrected chi connectivity index (χ0v) is 16.8. The van der Waals surface area contributed by atoms with Gasteiger partial charge in [0.05, 0.1) is 24.7 Å². The second kappa shape index (κ2) is 9.82. The van der Waals surface area contributed by atoms with E-state index >= 15 is 0 Å². The lowest BCUT2D eigenvalue weighted by atomic mass is 10.4. The van der Waals surface area contributed by atoms with Crippen LogP contribution in [0.1, 0.15) is 12.6 Å². The minimum atomic E-state index is 0. The van der Waals surface area contributed by atoms with Gasteiger partial charge in [0.15, 0.2) is 5.96 Å². The van der Waals surface area contributed by atoms with Gasteiger partial charge in [-0.1, -0.05) is 11.6 Å². The van der Waals surface area contributed by atoms with E-state index in [1.807, 2.05) is 47.9 Å². The highest BCUT2D eigenvalue weighted by atomic mass is 127.